The second-order valence-corrected chi connectivity index (χ2v) is 8.94. The molecule has 5 aromatic rings. The SMILES string of the molecule is C1=Cc2nc1cc1nc(c(-c3ccccc3)c3ccc(cc4ccc([nH]4)c2-c2ccccc2)[nH]3)C=C1.[Cu+2]. The molecule has 0 saturated carbocycles. The predicted octanol–water partition coefficient (Wildman–Crippen LogP) is 7.99. The number of hydrogen-bond acceptors (Lipinski definition) is 2. The van der Waals surface area contributed by atoms with Crippen molar-refractivity contribution < 1.29 is 17.1 Å². The first-order chi connectivity index (χ1) is 17.8. The summed E-state index contributed by atoms with van der Waals surface area (Å²) in [7, 11) is 0. The first kappa shape index (κ1) is 23.0. The van der Waals surface area contributed by atoms with E-state index in [0.29, 0.717) is 0 Å². The van der Waals surface area contributed by atoms with Crippen molar-refractivity contribution in [3.05, 3.63) is 120 Å². The summed E-state index contributed by atoms with van der Waals surface area (Å²) in [6.45, 7) is 0. The number of aromatic nitrogens is 4. The number of aromatic amines is 2. The van der Waals surface area contributed by atoms with E-state index in [2.05, 4.69) is 113 Å². The van der Waals surface area contributed by atoms with Crippen molar-refractivity contribution in [2.45, 2.75) is 0 Å². The van der Waals surface area contributed by atoms with Crippen LogP contribution in [0.15, 0.2) is 97.1 Å². The Labute approximate surface area is 225 Å². The molecular formula is C32H22CuN4+2. The van der Waals surface area contributed by atoms with Crippen LogP contribution >= 0.6 is 0 Å². The van der Waals surface area contributed by atoms with E-state index in [9.17, 15) is 0 Å². The minimum Gasteiger partial charge on any atom is -0.355 e. The zero-order chi connectivity index (χ0) is 23.9. The molecular weight excluding hydrogens is 504 g/mol. The molecule has 0 atom stereocenters. The van der Waals surface area contributed by atoms with E-state index in [1.807, 2.05) is 18.2 Å². The summed E-state index contributed by atoms with van der Waals surface area (Å²) in [4.78, 5) is 17.2. The summed E-state index contributed by atoms with van der Waals surface area (Å²) >= 11 is 0. The van der Waals surface area contributed by atoms with Gasteiger partial charge in [-0.3, -0.25) is 0 Å². The van der Waals surface area contributed by atoms with Gasteiger partial charge < -0.3 is 9.97 Å². The van der Waals surface area contributed by atoms with Crippen molar-refractivity contribution in [3.8, 4) is 22.3 Å². The van der Waals surface area contributed by atoms with Crippen LogP contribution in [0.1, 0.15) is 22.8 Å². The molecule has 1 radical (unpaired) electrons. The third kappa shape index (κ3) is 4.36. The van der Waals surface area contributed by atoms with Gasteiger partial charge in [0, 0.05) is 33.2 Å². The van der Waals surface area contributed by atoms with Crippen LogP contribution in [0, 0.1) is 0 Å². The molecule has 0 amide bonds. The molecule has 8 bridgehead atoms. The second-order valence-electron chi connectivity index (χ2n) is 8.94. The van der Waals surface area contributed by atoms with Crippen LogP contribution in [0.5, 0.6) is 0 Å². The van der Waals surface area contributed by atoms with Crippen molar-refractivity contribution in [1.82, 2.24) is 19.9 Å². The minimum absolute atomic E-state index is 0. The van der Waals surface area contributed by atoms with Gasteiger partial charge in [0.15, 0.2) is 0 Å². The molecule has 2 N–H and O–H groups in total. The molecule has 37 heavy (non-hydrogen) atoms. The fourth-order valence-corrected chi connectivity index (χ4v) is 4.89. The fourth-order valence-electron chi connectivity index (χ4n) is 4.89. The molecule has 4 nitrogen and oxygen atoms in total. The van der Waals surface area contributed by atoms with Gasteiger partial charge in [-0.1, -0.05) is 60.7 Å². The Balaban J connectivity index is 0.00000252. The van der Waals surface area contributed by atoms with Gasteiger partial charge in [0.1, 0.15) is 0 Å². The van der Waals surface area contributed by atoms with Gasteiger partial charge >= 0.3 is 17.1 Å². The van der Waals surface area contributed by atoms with Gasteiger partial charge in [0.25, 0.3) is 0 Å². The summed E-state index contributed by atoms with van der Waals surface area (Å²) < 4.78 is 0. The molecule has 5 heteroatoms. The third-order valence-corrected chi connectivity index (χ3v) is 6.52. The van der Waals surface area contributed by atoms with Crippen LogP contribution < -0.4 is 0 Å². The molecule has 0 fully saturated rings. The third-order valence-electron chi connectivity index (χ3n) is 6.52. The Hall–Kier alpha value is -4.44. The van der Waals surface area contributed by atoms with Crippen molar-refractivity contribution in [1.29, 1.82) is 0 Å². The molecule has 0 spiro atoms. The molecule has 5 heterocycles. The maximum Gasteiger partial charge on any atom is 2.00 e. The number of hydrogen-bond donors (Lipinski definition) is 2. The van der Waals surface area contributed by atoms with E-state index in [-0.39, 0.29) is 17.1 Å². The van der Waals surface area contributed by atoms with Gasteiger partial charge in [-0.25, -0.2) is 9.97 Å². The van der Waals surface area contributed by atoms with Crippen LogP contribution in [0.25, 0.3) is 68.6 Å². The maximum atomic E-state index is 4.98. The van der Waals surface area contributed by atoms with E-state index >= 15 is 0 Å². The summed E-state index contributed by atoms with van der Waals surface area (Å²) in [6, 6.07) is 33.4. The average molecular weight is 526 g/mol. The molecule has 3 aromatic heterocycles. The van der Waals surface area contributed by atoms with Gasteiger partial charge in [-0.05, 0) is 71.8 Å². The molecule has 2 aliphatic heterocycles. The van der Waals surface area contributed by atoms with Gasteiger partial charge in [0.2, 0.25) is 0 Å². The minimum atomic E-state index is 0. The van der Waals surface area contributed by atoms with Gasteiger partial charge in [-0.2, -0.15) is 0 Å². The van der Waals surface area contributed by atoms with Crippen LogP contribution in [-0.4, -0.2) is 19.9 Å². The van der Waals surface area contributed by atoms with E-state index in [0.717, 1.165) is 67.1 Å². The molecule has 0 unspecified atom stereocenters. The number of benzene rings is 2. The van der Waals surface area contributed by atoms with Crippen LogP contribution in [0.4, 0.5) is 0 Å². The maximum absolute atomic E-state index is 4.98. The fraction of sp³-hybridized carbons (Fsp3) is 0. The first-order valence-corrected chi connectivity index (χ1v) is 12.0. The van der Waals surface area contributed by atoms with Crippen LogP contribution in [0.3, 0.4) is 0 Å². The van der Waals surface area contributed by atoms with E-state index in [4.69, 9.17) is 9.97 Å². The monoisotopic (exact) mass is 525 g/mol. The van der Waals surface area contributed by atoms with Crippen molar-refractivity contribution in [2.24, 2.45) is 0 Å². The quantitative estimate of drug-likeness (QED) is 0.225. The number of nitrogens with zero attached hydrogens (tertiary/aromatic N) is 2. The Morgan fingerprint density at radius 3 is 1.38 bits per heavy atom. The number of nitrogens with one attached hydrogen (secondary N) is 2. The Kier molecular flexibility index (Phi) is 5.93. The first-order valence-electron chi connectivity index (χ1n) is 12.0. The van der Waals surface area contributed by atoms with E-state index in [1.165, 1.54) is 0 Å². The number of rotatable bonds is 2. The van der Waals surface area contributed by atoms with E-state index < -0.39 is 0 Å². The van der Waals surface area contributed by atoms with Gasteiger partial charge in [-0.15, -0.1) is 0 Å². The summed E-state index contributed by atoms with van der Waals surface area (Å²) in [5, 5.41) is 0. The zero-order valence-corrected chi connectivity index (χ0v) is 20.7. The largest absolute Gasteiger partial charge is 2.00 e. The average Bonchev–Trinajstić information content (AvgIpc) is 3.72. The number of H-pyrrole nitrogens is 2. The van der Waals surface area contributed by atoms with Crippen molar-refractivity contribution in [2.75, 3.05) is 0 Å². The molecule has 0 saturated heterocycles. The second kappa shape index (κ2) is 9.55. The zero-order valence-electron chi connectivity index (χ0n) is 19.7. The van der Waals surface area contributed by atoms with Crippen molar-refractivity contribution in [3.63, 3.8) is 0 Å². The standard InChI is InChI=1S/C32H22N4.Cu/c1-3-7-21(8-4-1)31-27-15-11-23(33-27)19-25-13-17-29(35-25)32(22-9-5-2-6-10-22)30-18-14-26(36-30)20-24-12-16-28(31)34-24;/h1-20,33,35H;/q;+2. The summed E-state index contributed by atoms with van der Waals surface area (Å²) in [5.41, 5.74) is 12.1. The molecule has 179 valence electrons. The normalized spacial score (nSPS) is 11.9. The topological polar surface area (TPSA) is 57.4 Å². The molecule has 7 rings (SSSR count). The predicted molar refractivity (Wildman–Crippen MR) is 150 cm³/mol. The Bertz CT molecular complexity index is 1700. The Morgan fingerprint density at radius 2 is 0.919 bits per heavy atom. The van der Waals surface area contributed by atoms with Gasteiger partial charge in [0.05, 0.1) is 22.8 Å². The summed E-state index contributed by atoms with van der Waals surface area (Å²) in [5.74, 6) is 0. The number of fused-ring (bicyclic) bond motifs is 8. The summed E-state index contributed by atoms with van der Waals surface area (Å²) in [6.07, 6.45) is 8.27. The van der Waals surface area contributed by atoms with E-state index in [1.54, 1.807) is 0 Å². The molecule has 2 aromatic carbocycles. The van der Waals surface area contributed by atoms with Crippen molar-refractivity contribution >= 4 is 46.4 Å². The smallest absolute Gasteiger partial charge is 0.355 e. The molecule has 0 aliphatic carbocycles. The molecule has 2 aliphatic rings. The van der Waals surface area contributed by atoms with Crippen LogP contribution in [0.2, 0.25) is 0 Å². The Morgan fingerprint density at radius 1 is 0.459 bits per heavy atom. The van der Waals surface area contributed by atoms with Crippen LogP contribution in [-0.2, 0) is 17.1 Å².